The van der Waals surface area contributed by atoms with Gasteiger partial charge in [0.15, 0.2) is 0 Å². The minimum Gasteiger partial charge on any atom is -0.312 e. The Morgan fingerprint density at radius 2 is 0.500 bits per heavy atom. The third-order valence-corrected chi connectivity index (χ3v) is 10.6. The van der Waals surface area contributed by atoms with Crippen LogP contribution in [0.4, 0.5) is 0 Å². The van der Waals surface area contributed by atoms with Gasteiger partial charge in [0.2, 0.25) is 0 Å². The Bertz CT molecular complexity index is 474. The fraction of sp³-hybridized carbons (Fsp3) is 1.00. The van der Waals surface area contributed by atoms with Gasteiger partial charge in [-0.3, -0.25) is 0 Å². The van der Waals surface area contributed by atoms with Crippen molar-refractivity contribution in [2.75, 3.05) is 13.1 Å². The second-order valence-electron chi connectivity index (χ2n) is 15.0. The predicted octanol–water partition coefficient (Wildman–Crippen LogP) is 14.0. The van der Waals surface area contributed by atoms with Gasteiger partial charge in [-0.15, -0.1) is 0 Å². The van der Waals surface area contributed by atoms with E-state index in [4.69, 9.17) is 0 Å². The number of hydrogen-bond acceptors (Lipinski definition) is 2. The van der Waals surface area contributed by atoms with Crippen LogP contribution in [0.1, 0.15) is 245 Å². The van der Waals surface area contributed by atoms with Crippen LogP contribution in [-0.2, 0) is 0 Å². The number of nitrogens with one attached hydrogen (secondary N) is 2. The van der Waals surface area contributed by atoms with Crippen molar-refractivity contribution in [3.8, 4) is 0 Å². The third kappa shape index (κ3) is 29.3. The van der Waals surface area contributed by atoms with Crippen LogP contribution in [0.25, 0.3) is 0 Å². The maximum Gasteiger partial charge on any atom is 0.0221 e. The van der Waals surface area contributed by atoms with Gasteiger partial charge in [0.1, 0.15) is 0 Å². The Labute approximate surface area is 280 Å². The van der Waals surface area contributed by atoms with E-state index in [1.165, 1.54) is 244 Å². The molecule has 1 fully saturated rings. The van der Waals surface area contributed by atoms with E-state index in [9.17, 15) is 0 Å². The molecule has 0 unspecified atom stereocenters. The van der Waals surface area contributed by atoms with E-state index in [-0.39, 0.29) is 0 Å². The molecule has 0 spiro atoms. The lowest BCUT2D eigenvalue weighted by Crippen LogP contribution is -2.50. The Hall–Kier alpha value is -0.0800. The van der Waals surface area contributed by atoms with Gasteiger partial charge in [-0.25, -0.2) is 0 Å². The summed E-state index contributed by atoms with van der Waals surface area (Å²) < 4.78 is 0. The molecule has 2 N–H and O–H groups in total. The second kappa shape index (κ2) is 35.8. The van der Waals surface area contributed by atoms with Gasteiger partial charge in [-0.05, 0) is 38.8 Å². The zero-order chi connectivity index (χ0) is 31.4. The Kier molecular flexibility index (Phi) is 34.1. The minimum absolute atomic E-state index is 0.723. The summed E-state index contributed by atoms with van der Waals surface area (Å²) in [7, 11) is 0. The predicted molar refractivity (Wildman–Crippen MR) is 201 cm³/mol. The van der Waals surface area contributed by atoms with E-state index in [2.05, 4.69) is 24.5 Å². The summed E-state index contributed by atoms with van der Waals surface area (Å²) in [5, 5.41) is 7.93. The van der Waals surface area contributed by atoms with Gasteiger partial charge < -0.3 is 10.6 Å². The number of hydrogen-bond donors (Lipinski definition) is 2. The summed E-state index contributed by atoms with van der Waals surface area (Å²) in [5.41, 5.74) is 0. The molecule has 1 rings (SSSR count). The zero-order valence-corrected chi connectivity index (χ0v) is 31.0. The SMILES string of the molecule is CCCCCCCCCCCCCCCCCCN[C@@H]1CCCC[C@H]1NCCCCCCCCCCCCCCCCCC. The van der Waals surface area contributed by atoms with Crippen LogP contribution in [0.3, 0.4) is 0 Å². The molecule has 44 heavy (non-hydrogen) atoms. The molecule has 0 bridgehead atoms. The van der Waals surface area contributed by atoms with Crippen molar-refractivity contribution in [1.82, 2.24) is 10.6 Å². The van der Waals surface area contributed by atoms with Crippen molar-refractivity contribution in [3.63, 3.8) is 0 Å². The van der Waals surface area contributed by atoms with E-state index >= 15 is 0 Å². The Morgan fingerprint density at radius 3 is 0.727 bits per heavy atom. The normalized spacial score (nSPS) is 17.0. The summed E-state index contributed by atoms with van der Waals surface area (Å²) in [6, 6.07) is 1.45. The molecule has 0 aromatic carbocycles. The van der Waals surface area contributed by atoms with E-state index in [0.29, 0.717) is 0 Å². The number of rotatable bonds is 36. The van der Waals surface area contributed by atoms with Crippen molar-refractivity contribution < 1.29 is 0 Å². The van der Waals surface area contributed by atoms with Gasteiger partial charge in [-0.1, -0.05) is 219 Å². The molecular formula is C42H86N2. The third-order valence-electron chi connectivity index (χ3n) is 10.6. The van der Waals surface area contributed by atoms with Crippen LogP contribution in [0.15, 0.2) is 0 Å². The number of unbranched alkanes of at least 4 members (excludes halogenated alkanes) is 30. The molecule has 0 saturated heterocycles. The Morgan fingerprint density at radius 1 is 0.295 bits per heavy atom. The van der Waals surface area contributed by atoms with Crippen molar-refractivity contribution in [1.29, 1.82) is 0 Å². The van der Waals surface area contributed by atoms with Crippen molar-refractivity contribution >= 4 is 0 Å². The maximum absolute atomic E-state index is 3.97. The van der Waals surface area contributed by atoms with Crippen LogP contribution in [-0.4, -0.2) is 25.2 Å². The highest BCUT2D eigenvalue weighted by molar-refractivity contribution is 4.86. The fourth-order valence-electron chi connectivity index (χ4n) is 7.54. The van der Waals surface area contributed by atoms with Crippen LogP contribution in [0.5, 0.6) is 0 Å². The average Bonchev–Trinajstić information content (AvgIpc) is 3.04. The van der Waals surface area contributed by atoms with E-state index < -0.39 is 0 Å². The van der Waals surface area contributed by atoms with E-state index in [1.807, 2.05) is 0 Å². The van der Waals surface area contributed by atoms with Crippen molar-refractivity contribution in [2.45, 2.75) is 257 Å². The molecule has 1 aliphatic carbocycles. The first-order valence-electron chi connectivity index (χ1n) is 21.3. The first kappa shape index (κ1) is 41.9. The van der Waals surface area contributed by atoms with Crippen LogP contribution in [0.2, 0.25) is 0 Å². The highest BCUT2D eigenvalue weighted by Gasteiger charge is 2.23. The summed E-state index contributed by atoms with van der Waals surface area (Å²) in [5.74, 6) is 0. The zero-order valence-electron chi connectivity index (χ0n) is 31.0. The summed E-state index contributed by atoms with van der Waals surface area (Å²) in [6.45, 7) is 7.09. The molecule has 0 heterocycles. The molecule has 2 nitrogen and oxygen atoms in total. The molecule has 2 atom stereocenters. The van der Waals surface area contributed by atoms with Crippen molar-refractivity contribution in [2.24, 2.45) is 0 Å². The largest absolute Gasteiger partial charge is 0.312 e. The van der Waals surface area contributed by atoms with Gasteiger partial charge in [0, 0.05) is 12.1 Å². The van der Waals surface area contributed by atoms with Crippen LogP contribution in [0, 0.1) is 0 Å². The van der Waals surface area contributed by atoms with Gasteiger partial charge in [0.25, 0.3) is 0 Å². The average molecular weight is 619 g/mol. The maximum atomic E-state index is 3.97. The second-order valence-corrected chi connectivity index (χ2v) is 15.0. The van der Waals surface area contributed by atoms with Gasteiger partial charge >= 0.3 is 0 Å². The molecule has 0 aromatic heterocycles. The van der Waals surface area contributed by atoms with Crippen LogP contribution >= 0.6 is 0 Å². The molecule has 1 aliphatic rings. The monoisotopic (exact) mass is 619 g/mol. The fourth-order valence-corrected chi connectivity index (χ4v) is 7.54. The highest BCUT2D eigenvalue weighted by Crippen LogP contribution is 2.20. The van der Waals surface area contributed by atoms with E-state index in [0.717, 1.165) is 12.1 Å². The lowest BCUT2D eigenvalue weighted by Gasteiger charge is -2.33. The molecular weight excluding hydrogens is 532 g/mol. The topological polar surface area (TPSA) is 24.1 Å². The van der Waals surface area contributed by atoms with Crippen molar-refractivity contribution in [3.05, 3.63) is 0 Å². The van der Waals surface area contributed by atoms with Gasteiger partial charge in [-0.2, -0.15) is 0 Å². The van der Waals surface area contributed by atoms with E-state index in [1.54, 1.807) is 0 Å². The molecule has 0 amide bonds. The minimum atomic E-state index is 0.723. The van der Waals surface area contributed by atoms with Gasteiger partial charge in [0.05, 0.1) is 0 Å². The summed E-state index contributed by atoms with van der Waals surface area (Å²) >= 11 is 0. The first-order chi connectivity index (χ1) is 21.9. The molecule has 2 heteroatoms. The lowest BCUT2D eigenvalue weighted by molar-refractivity contribution is 0.281. The molecule has 0 aliphatic heterocycles. The summed E-state index contributed by atoms with van der Waals surface area (Å²) in [4.78, 5) is 0. The highest BCUT2D eigenvalue weighted by atomic mass is 15.0. The molecule has 1 saturated carbocycles. The first-order valence-corrected chi connectivity index (χ1v) is 21.3. The smallest absolute Gasteiger partial charge is 0.0221 e. The molecule has 264 valence electrons. The lowest BCUT2D eigenvalue weighted by atomic mass is 9.90. The Balaban J connectivity index is 1.83. The van der Waals surface area contributed by atoms with Crippen LogP contribution < -0.4 is 10.6 Å². The quantitative estimate of drug-likeness (QED) is 0.0683. The molecule has 0 radical (unpaired) electrons. The standard InChI is InChI=1S/C42H86N2/c1-3-5-7-9-11-13-15-17-19-21-23-25-27-29-31-35-39-43-41-37-33-34-38-42(41)44-40-36-32-30-28-26-24-22-20-18-16-14-12-10-8-6-4-2/h41-44H,3-40H2,1-2H3/t41-,42-/m1/s1. The molecule has 0 aromatic rings. The summed E-state index contributed by atoms with van der Waals surface area (Å²) in [6.07, 6.45) is 52.2.